The maximum Gasteiger partial charge on any atom is 0.217 e. The van der Waals surface area contributed by atoms with Crippen LogP contribution in [0.4, 0.5) is 0 Å². The first-order valence-corrected chi connectivity index (χ1v) is 8.83. The zero-order valence-corrected chi connectivity index (χ0v) is 15.3. The van der Waals surface area contributed by atoms with Crippen LogP contribution in [0.3, 0.4) is 0 Å². The van der Waals surface area contributed by atoms with Crippen LogP contribution in [0.25, 0.3) is 0 Å². The third-order valence-corrected chi connectivity index (χ3v) is 4.49. The second kappa shape index (κ2) is 9.73. The molecular weight excluding hydrogens is 364 g/mol. The predicted octanol–water partition coefficient (Wildman–Crippen LogP) is -3.05. The van der Waals surface area contributed by atoms with Crippen molar-refractivity contribution in [2.75, 3.05) is 13.2 Å². The van der Waals surface area contributed by atoms with Gasteiger partial charge in [0.15, 0.2) is 12.6 Å². The summed E-state index contributed by atoms with van der Waals surface area (Å²) in [6, 6.07) is -1.78. The highest BCUT2D eigenvalue weighted by Gasteiger charge is 2.41. The SMILES string of the molecule is CC(=O)N[C@H]1[C@H](OC[C@@H]2C[C@H](O)[C@@H](NC(C)=O)[C@H](O)O2)O[C@H](CO)C[C@@H]1O. The van der Waals surface area contributed by atoms with Crippen LogP contribution in [-0.4, -0.2) is 94.5 Å². The molecule has 2 fully saturated rings. The number of carbonyl (C=O) groups is 2. The Hall–Kier alpha value is -1.34. The van der Waals surface area contributed by atoms with Crippen LogP contribution in [0, 0.1) is 0 Å². The van der Waals surface area contributed by atoms with Crippen LogP contribution in [-0.2, 0) is 23.8 Å². The third-order valence-electron chi connectivity index (χ3n) is 4.49. The molecule has 27 heavy (non-hydrogen) atoms. The molecule has 156 valence electrons. The molecule has 2 saturated heterocycles. The Morgan fingerprint density at radius 2 is 1.52 bits per heavy atom. The maximum atomic E-state index is 11.4. The lowest BCUT2D eigenvalue weighted by molar-refractivity contribution is -0.265. The van der Waals surface area contributed by atoms with Crippen LogP contribution in [0.5, 0.6) is 0 Å². The van der Waals surface area contributed by atoms with E-state index in [1.165, 1.54) is 13.8 Å². The quantitative estimate of drug-likeness (QED) is 0.275. The van der Waals surface area contributed by atoms with Crippen LogP contribution in [0.15, 0.2) is 0 Å². The van der Waals surface area contributed by atoms with Gasteiger partial charge in [0, 0.05) is 26.7 Å². The highest BCUT2D eigenvalue weighted by Crippen LogP contribution is 2.24. The van der Waals surface area contributed by atoms with Crippen molar-refractivity contribution in [3.8, 4) is 0 Å². The Balaban J connectivity index is 1.94. The molecule has 11 heteroatoms. The number of amides is 2. The Morgan fingerprint density at radius 3 is 2.07 bits per heavy atom. The smallest absolute Gasteiger partial charge is 0.217 e. The van der Waals surface area contributed by atoms with E-state index in [-0.39, 0.29) is 32.0 Å². The number of aliphatic hydroxyl groups excluding tert-OH is 4. The summed E-state index contributed by atoms with van der Waals surface area (Å²) >= 11 is 0. The van der Waals surface area contributed by atoms with Gasteiger partial charge < -0.3 is 45.3 Å². The van der Waals surface area contributed by atoms with Crippen molar-refractivity contribution >= 4 is 11.8 Å². The van der Waals surface area contributed by atoms with Gasteiger partial charge in [-0.05, 0) is 0 Å². The summed E-state index contributed by atoms with van der Waals surface area (Å²) in [5, 5.41) is 44.5. The minimum Gasteiger partial charge on any atom is -0.394 e. The van der Waals surface area contributed by atoms with Crippen molar-refractivity contribution in [3.05, 3.63) is 0 Å². The van der Waals surface area contributed by atoms with Crippen molar-refractivity contribution in [1.82, 2.24) is 10.6 Å². The monoisotopic (exact) mass is 392 g/mol. The molecule has 6 N–H and O–H groups in total. The molecule has 0 bridgehead atoms. The third kappa shape index (κ3) is 6.07. The minimum atomic E-state index is -1.42. The van der Waals surface area contributed by atoms with Crippen LogP contribution < -0.4 is 10.6 Å². The number of hydrogen-bond donors (Lipinski definition) is 6. The van der Waals surface area contributed by atoms with Gasteiger partial charge in [0.25, 0.3) is 0 Å². The average molecular weight is 392 g/mol. The Bertz CT molecular complexity index is 508. The van der Waals surface area contributed by atoms with E-state index in [4.69, 9.17) is 14.2 Å². The van der Waals surface area contributed by atoms with Crippen LogP contribution >= 0.6 is 0 Å². The van der Waals surface area contributed by atoms with E-state index < -0.39 is 55.0 Å². The van der Waals surface area contributed by atoms with Gasteiger partial charge in [0.1, 0.15) is 12.1 Å². The molecule has 0 radical (unpaired) electrons. The summed E-state index contributed by atoms with van der Waals surface area (Å²) in [4.78, 5) is 22.5. The number of aliphatic hydroxyl groups is 4. The molecule has 11 nitrogen and oxygen atoms in total. The van der Waals surface area contributed by atoms with Gasteiger partial charge >= 0.3 is 0 Å². The number of nitrogens with one attached hydrogen (secondary N) is 2. The molecule has 0 aromatic heterocycles. The van der Waals surface area contributed by atoms with E-state index in [0.29, 0.717) is 0 Å². The zero-order valence-electron chi connectivity index (χ0n) is 15.3. The summed E-state index contributed by atoms with van der Waals surface area (Å²) < 4.78 is 16.5. The van der Waals surface area contributed by atoms with Gasteiger partial charge in [-0.25, -0.2) is 0 Å². The van der Waals surface area contributed by atoms with E-state index in [9.17, 15) is 30.0 Å². The molecule has 0 aromatic rings. The minimum absolute atomic E-state index is 0.0888. The fraction of sp³-hybridized carbons (Fsp3) is 0.875. The molecule has 0 spiro atoms. The summed E-state index contributed by atoms with van der Waals surface area (Å²) in [5.74, 6) is -0.786. The van der Waals surface area contributed by atoms with Crippen molar-refractivity contribution in [3.63, 3.8) is 0 Å². The lowest BCUT2D eigenvalue weighted by Gasteiger charge is -2.41. The molecule has 0 saturated carbocycles. The second-order valence-corrected chi connectivity index (χ2v) is 6.85. The molecule has 2 heterocycles. The van der Waals surface area contributed by atoms with E-state index in [0.717, 1.165) is 0 Å². The largest absolute Gasteiger partial charge is 0.394 e. The highest BCUT2D eigenvalue weighted by atomic mass is 16.7. The van der Waals surface area contributed by atoms with E-state index in [1.54, 1.807) is 0 Å². The summed E-state index contributed by atoms with van der Waals surface area (Å²) in [6.45, 7) is 2.13. The molecule has 2 aliphatic rings. The van der Waals surface area contributed by atoms with Crippen molar-refractivity contribution < 1.29 is 44.2 Å². The number of carbonyl (C=O) groups excluding carboxylic acids is 2. The standard InChI is InChI=1S/C16H28N2O9/c1-7(20)17-13-11(22)4-10(26-15(13)24)6-25-16-14(18-8(2)21)12(23)3-9(5-19)27-16/h9-16,19,22-24H,3-6H2,1-2H3,(H,17,20)(H,18,21)/t9-,10-,11-,12-,13+,14+,15+,16+/m0/s1. The molecule has 2 aliphatic heterocycles. The lowest BCUT2D eigenvalue weighted by Crippen LogP contribution is -2.59. The molecule has 0 aliphatic carbocycles. The predicted molar refractivity (Wildman–Crippen MR) is 89.0 cm³/mol. The van der Waals surface area contributed by atoms with Crippen LogP contribution in [0.2, 0.25) is 0 Å². The number of ether oxygens (including phenoxy) is 3. The van der Waals surface area contributed by atoms with Gasteiger partial charge in [-0.15, -0.1) is 0 Å². The lowest BCUT2D eigenvalue weighted by atomic mass is 9.99. The van der Waals surface area contributed by atoms with Gasteiger partial charge in [-0.3, -0.25) is 9.59 Å². The van der Waals surface area contributed by atoms with Gasteiger partial charge in [0.2, 0.25) is 11.8 Å². The highest BCUT2D eigenvalue weighted by molar-refractivity contribution is 5.73. The van der Waals surface area contributed by atoms with Gasteiger partial charge in [-0.2, -0.15) is 0 Å². The molecular formula is C16H28N2O9. The second-order valence-electron chi connectivity index (χ2n) is 6.85. The first-order chi connectivity index (χ1) is 12.7. The zero-order chi connectivity index (χ0) is 20.1. The van der Waals surface area contributed by atoms with Crippen molar-refractivity contribution in [2.24, 2.45) is 0 Å². The topological polar surface area (TPSA) is 167 Å². The molecule has 2 amide bonds. The Labute approximate surface area is 156 Å². The van der Waals surface area contributed by atoms with E-state index in [2.05, 4.69) is 10.6 Å². The molecule has 2 rings (SSSR count). The Morgan fingerprint density at radius 1 is 0.963 bits per heavy atom. The first kappa shape index (κ1) is 22.0. The molecule has 0 aromatic carbocycles. The number of rotatable bonds is 6. The fourth-order valence-corrected chi connectivity index (χ4v) is 3.24. The van der Waals surface area contributed by atoms with Crippen molar-refractivity contribution in [1.29, 1.82) is 0 Å². The summed E-state index contributed by atoms with van der Waals surface area (Å²) in [5.41, 5.74) is 0. The summed E-state index contributed by atoms with van der Waals surface area (Å²) in [7, 11) is 0. The Kier molecular flexibility index (Phi) is 7.91. The van der Waals surface area contributed by atoms with Gasteiger partial charge in [-0.1, -0.05) is 0 Å². The molecule has 8 atom stereocenters. The average Bonchev–Trinajstić information content (AvgIpc) is 2.57. The van der Waals surface area contributed by atoms with E-state index >= 15 is 0 Å². The maximum absolute atomic E-state index is 11.4. The van der Waals surface area contributed by atoms with Crippen molar-refractivity contribution in [2.45, 2.75) is 75.8 Å². The first-order valence-electron chi connectivity index (χ1n) is 8.83. The summed E-state index contributed by atoms with van der Waals surface area (Å²) in [6.07, 6.45) is -5.60. The fourth-order valence-electron chi connectivity index (χ4n) is 3.24. The van der Waals surface area contributed by atoms with Crippen LogP contribution in [0.1, 0.15) is 26.7 Å². The number of hydrogen-bond acceptors (Lipinski definition) is 9. The van der Waals surface area contributed by atoms with E-state index in [1.807, 2.05) is 0 Å². The molecule has 0 unspecified atom stereocenters. The normalized spacial score (nSPS) is 39.6. The van der Waals surface area contributed by atoms with Gasteiger partial charge in [0.05, 0.1) is 37.6 Å².